The minimum Gasteiger partial charge on any atom is -0.381 e. The van der Waals surface area contributed by atoms with Crippen molar-refractivity contribution in [3.05, 3.63) is 0 Å². The monoisotopic (exact) mass is 240 g/mol. The Morgan fingerprint density at radius 3 is 2.65 bits per heavy atom. The molecule has 2 aliphatic rings. The lowest BCUT2D eigenvalue weighted by Gasteiger charge is -2.35. The third-order valence-corrected chi connectivity index (χ3v) is 4.55. The van der Waals surface area contributed by atoms with Crippen molar-refractivity contribution in [3.63, 3.8) is 0 Å². The Kier molecular flexibility index (Phi) is 5.26. The summed E-state index contributed by atoms with van der Waals surface area (Å²) in [5.74, 6) is 1.70. The van der Waals surface area contributed by atoms with Crippen LogP contribution in [0.1, 0.15) is 32.6 Å². The number of hydrogen-bond donors (Lipinski definition) is 1. The highest BCUT2D eigenvalue weighted by Crippen LogP contribution is 2.27. The lowest BCUT2D eigenvalue weighted by atomic mass is 9.85. The van der Waals surface area contributed by atoms with Gasteiger partial charge in [0, 0.05) is 31.7 Å². The van der Waals surface area contributed by atoms with Crippen LogP contribution in [0.2, 0.25) is 0 Å². The highest BCUT2D eigenvalue weighted by atomic mass is 16.5. The van der Waals surface area contributed by atoms with Gasteiger partial charge in [-0.3, -0.25) is 0 Å². The van der Waals surface area contributed by atoms with E-state index in [-0.39, 0.29) is 0 Å². The molecule has 1 aliphatic carbocycles. The van der Waals surface area contributed by atoms with E-state index in [1.54, 1.807) is 0 Å². The van der Waals surface area contributed by atoms with Gasteiger partial charge in [0.2, 0.25) is 0 Å². The van der Waals surface area contributed by atoms with Gasteiger partial charge in [-0.1, -0.05) is 13.3 Å². The molecule has 2 rings (SSSR count). The van der Waals surface area contributed by atoms with Crippen LogP contribution in [-0.2, 0) is 4.74 Å². The summed E-state index contributed by atoms with van der Waals surface area (Å²) in [4.78, 5) is 2.63. The predicted octanol–water partition coefficient (Wildman–Crippen LogP) is 1.73. The zero-order chi connectivity index (χ0) is 12.1. The van der Waals surface area contributed by atoms with Crippen molar-refractivity contribution in [2.24, 2.45) is 11.8 Å². The molecule has 2 fully saturated rings. The van der Waals surface area contributed by atoms with Crippen LogP contribution in [0.5, 0.6) is 0 Å². The zero-order valence-corrected chi connectivity index (χ0v) is 11.5. The first kappa shape index (κ1) is 13.3. The minimum absolute atomic E-state index is 0.609. The summed E-state index contributed by atoms with van der Waals surface area (Å²) in [6.45, 7) is 7.88. The largest absolute Gasteiger partial charge is 0.381 e. The molecule has 2 atom stereocenters. The van der Waals surface area contributed by atoms with E-state index >= 15 is 0 Å². The molecule has 1 N–H and O–H groups in total. The van der Waals surface area contributed by atoms with Crippen molar-refractivity contribution in [1.29, 1.82) is 0 Å². The lowest BCUT2D eigenvalue weighted by molar-refractivity contribution is 0.143. The maximum Gasteiger partial charge on any atom is 0.0510 e. The zero-order valence-electron chi connectivity index (χ0n) is 11.5. The molecule has 2 unspecified atom stereocenters. The number of ether oxygens (including phenoxy) is 1. The first-order chi connectivity index (χ1) is 8.33. The molecular formula is C14H28N2O. The fraction of sp³-hybridized carbons (Fsp3) is 1.00. The number of hydrogen-bond acceptors (Lipinski definition) is 3. The van der Waals surface area contributed by atoms with Crippen molar-refractivity contribution < 1.29 is 4.74 Å². The Labute approximate surface area is 106 Å². The molecule has 17 heavy (non-hydrogen) atoms. The molecule has 100 valence electrons. The molecule has 3 nitrogen and oxygen atoms in total. The van der Waals surface area contributed by atoms with E-state index in [0.29, 0.717) is 6.04 Å². The molecule has 0 spiro atoms. The molecule has 0 bridgehead atoms. The third-order valence-electron chi connectivity index (χ3n) is 4.55. The standard InChI is InChI=1S/C14H28N2O/c1-3-16(9-12-5-4-6-12)10-14(15-2)13-7-8-17-11-13/h12-15H,3-11H2,1-2H3. The number of rotatable bonds is 7. The minimum atomic E-state index is 0.609. The fourth-order valence-electron chi connectivity index (χ4n) is 3.00. The van der Waals surface area contributed by atoms with Gasteiger partial charge in [-0.25, -0.2) is 0 Å². The van der Waals surface area contributed by atoms with Gasteiger partial charge in [-0.2, -0.15) is 0 Å². The first-order valence-electron chi connectivity index (χ1n) is 7.30. The number of likely N-dealkylation sites (N-methyl/N-ethyl adjacent to an activating group) is 2. The molecule has 1 saturated heterocycles. The molecular weight excluding hydrogens is 212 g/mol. The quantitative estimate of drug-likeness (QED) is 0.733. The smallest absolute Gasteiger partial charge is 0.0510 e. The summed E-state index contributed by atoms with van der Waals surface area (Å²) in [5, 5.41) is 3.50. The van der Waals surface area contributed by atoms with Gasteiger partial charge in [-0.05, 0) is 38.8 Å². The molecule has 0 aromatic carbocycles. The Bertz CT molecular complexity index is 212. The second-order valence-corrected chi connectivity index (χ2v) is 5.67. The van der Waals surface area contributed by atoms with E-state index in [1.165, 1.54) is 45.3 Å². The average molecular weight is 240 g/mol. The van der Waals surface area contributed by atoms with Crippen LogP contribution in [0, 0.1) is 11.8 Å². The topological polar surface area (TPSA) is 24.5 Å². The van der Waals surface area contributed by atoms with Crippen LogP contribution in [-0.4, -0.2) is 50.8 Å². The first-order valence-corrected chi connectivity index (χ1v) is 7.30. The van der Waals surface area contributed by atoms with Gasteiger partial charge in [0.1, 0.15) is 0 Å². The van der Waals surface area contributed by atoms with Crippen LogP contribution in [0.15, 0.2) is 0 Å². The summed E-state index contributed by atoms with van der Waals surface area (Å²) in [6.07, 6.45) is 5.58. The Balaban J connectivity index is 1.77. The molecule has 1 saturated carbocycles. The summed E-state index contributed by atoms with van der Waals surface area (Å²) < 4.78 is 5.51. The molecule has 0 aromatic rings. The van der Waals surface area contributed by atoms with Crippen LogP contribution in [0.3, 0.4) is 0 Å². The van der Waals surface area contributed by atoms with E-state index in [4.69, 9.17) is 4.74 Å². The molecule has 3 heteroatoms. The van der Waals surface area contributed by atoms with Crippen molar-refractivity contribution in [2.75, 3.05) is 39.9 Å². The van der Waals surface area contributed by atoms with E-state index < -0.39 is 0 Å². The van der Waals surface area contributed by atoms with Crippen molar-refractivity contribution in [2.45, 2.75) is 38.6 Å². The molecule has 1 aliphatic heterocycles. The van der Waals surface area contributed by atoms with Crippen LogP contribution < -0.4 is 5.32 Å². The van der Waals surface area contributed by atoms with Gasteiger partial charge in [0.15, 0.2) is 0 Å². The van der Waals surface area contributed by atoms with E-state index in [1.807, 2.05) is 0 Å². The Morgan fingerprint density at radius 2 is 2.18 bits per heavy atom. The van der Waals surface area contributed by atoms with E-state index in [2.05, 4.69) is 24.2 Å². The van der Waals surface area contributed by atoms with Crippen molar-refractivity contribution >= 4 is 0 Å². The maximum atomic E-state index is 5.51. The predicted molar refractivity (Wildman–Crippen MR) is 71.2 cm³/mol. The third kappa shape index (κ3) is 3.67. The summed E-state index contributed by atoms with van der Waals surface area (Å²) in [6, 6.07) is 0.609. The average Bonchev–Trinajstić information content (AvgIpc) is 2.81. The summed E-state index contributed by atoms with van der Waals surface area (Å²) >= 11 is 0. The van der Waals surface area contributed by atoms with Crippen LogP contribution in [0.4, 0.5) is 0 Å². The SMILES string of the molecule is CCN(CC1CCC1)CC(NC)C1CCOC1. The van der Waals surface area contributed by atoms with Gasteiger partial charge in [0.05, 0.1) is 6.61 Å². The van der Waals surface area contributed by atoms with Crippen molar-refractivity contribution in [3.8, 4) is 0 Å². The van der Waals surface area contributed by atoms with Crippen LogP contribution >= 0.6 is 0 Å². The highest BCUT2D eigenvalue weighted by molar-refractivity contribution is 4.82. The summed E-state index contributed by atoms with van der Waals surface area (Å²) in [7, 11) is 2.10. The van der Waals surface area contributed by atoms with Gasteiger partial charge in [-0.15, -0.1) is 0 Å². The second kappa shape index (κ2) is 6.72. The molecule has 0 radical (unpaired) electrons. The molecule has 0 amide bonds. The van der Waals surface area contributed by atoms with Gasteiger partial charge < -0.3 is 15.0 Å². The highest BCUT2D eigenvalue weighted by Gasteiger charge is 2.27. The molecule has 0 aromatic heterocycles. The van der Waals surface area contributed by atoms with Gasteiger partial charge >= 0.3 is 0 Å². The lowest BCUT2D eigenvalue weighted by Crippen LogP contribution is -2.46. The Hall–Kier alpha value is -0.120. The Morgan fingerprint density at radius 1 is 1.35 bits per heavy atom. The number of nitrogens with one attached hydrogen (secondary N) is 1. The maximum absolute atomic E-state index is 5.51. The number of nitrogens with zero attached hydrogens (tertiary/aromatic N) is 1. The van der Waals surface area contributed by atoms with Gasteiger partial charge in [0.25, 0.3) is 0 Å². The second-order valence-electron chi connectivity index (χ2n) is 5.67. The van der Waals surface area contributed by atoms with E-state index in [0.717, 1.165) is 25.0 Å². The van der Waals surface area contributed by atoms with E-state index in [9.17, 15) is 0 Å². The fourth-order valence-corrected chi connectivity index (χ4v) is 3.00. The summed E-state index contributed by atoms with van der Waals surface area (Å²) in [5.41, 5.74) is 0. The van der Waals surface area contributed by atoms with Crippen LogP contribution in [0.25, 0.3) is 0 Å². The normalized spacial score (nSPS) is 27.4. The van der Waals surface area contributed by atoms with Crippen molar-refractivity contribution in [1.82, 2.24) is 10.2 Å². The molecule has 1 heterocycles.